The number of hydrogen-bond acceptors (Lipinski definition) is 3. The van der Waals surface area contributed by atoms with Gasteiger partial charge in [-0.25, -0.2) is 0 Å². The van der Waals surface area contributed by atoms with Crippen molar-refractivity contribution in [3.05, 3.63) is 21.9 Å². The normalized spacial score (nSPS) is 33.8. The summed E-state index contributed by atoms with van der Waals surface area (Å²) in [6.07, 6.45) is 1.98. The third kappa shape index (κ3) is 2.79. The van der Waals surface area contributed by atoms with E-state index in [2.05, 4.69) is 39.8 Å². The lowest BCUT2D eigenvalue weighted by molar-refractivity contribution is 0.0242. The Hall–Kier alpha value is -0.380. The van der Waals surface area contributed by atoms with Crippen molar-refractivity contribution in [2.45, 2.75) is 58.8 Å². The van der Waals surface area contributed by atoms with Crippen LogP contribution in [0.2, 0.25) is 0 Å². The fourth-order valence-electron chi connectivity index (χ4n) is 3.02. The van der Waals surface area contributed by atoms with Crippen LogP contribution < -0.4 is 0 Å². The minimum Gasteiger partial charge on any atom is -0.392 e. The zero-order valence-electron chi connectivity index (χ0n) is 11.7. The van der Waals surface area contributed by atoms with Gasteiger partial charge in [0, 0.05) is 22.1 Å². The first-order valence-corrected chi connectivity index (χ1v) is 7.75. The van der Waals surface area contributed by atoms with Gasteiger partial charge in [0.2, 0.25) is 0 Å². The Kier molecular flexibility index (Phi) is 4.46. The van der Waals surface area contributed by atoms with E-state index in [-0.39, 0.29) is 24.2 Å². The molecule has 0 spiro atoms. The van der Waals surface area contributed by atoms with E-state index < -0.39 is 0 Å². The third-order valence-electron chi connectivity index (χ3n) is 4.24. The molecule has 102 valence electrons. The highest BCUT2D eigenvalue weighted by Crippen LogP contribution is 2.36. The molecule has 1 aliphatic rings. The van der Waals surface area contributed by atoms with E-state index in [4.69, 9.17) is 4.74 Å². The zero-order valence-corrected chi connectivity index (χ0v) is 12.5. The number of aliphatic hydroxyl groups is 1. The maximum atomic E-state index is 10.5. The van der Waals surface area contributed by atoms with Crippen LogP contribution >= 0.6 is 11.3 Å². The maximum absolute atomic E-state index is 10.5. The lowest BCUT2D eigenvalue weighted by atomic mass is 9.83. The molecule has 0 saturated carbocycles. The molecule has 0 radical (unpaired) electrons. The molecule has 0 bridgehead atoms. The van der Waals surface area contributed by atoms with Crippen LogP contribution in [0.15, 0.2) is 12.1 Å². The quantitative estimate of drug-likeness (QED) is 0.908. The molecular formula is C15H24O2S. The van der Waals surface area contributed by atoms with Gasteiger partial charge < -0.3 is 9.84 Å². The molecule has 0 aliphatic carbocycles. The number of aryl methyl sites for hydroxylation is 1. The number of hydrogen-bond donors (Lipinski definition) is 1. The molecule has 18 heavy (non-hydrogen) atoms. The molecule has 3 heteroatoms. The van der Waals surface area contributed by atoms with Crippen LogP contribution in [0.5, 0.6) is 0 Å². The Bertz CT molecular complexity index is 388. The van der Waals surface area contributed by atoms with E-state index in [0.717, 1.165) is 12.8 Å². The van der Waals surface area contributed by atoms with Crippen molar-refractivity contribution in [2.75, 3.05) is 0 Å². The van der Waals surface area contributed by atoms with Crippen LogP contribution in [-0.4, -0.2) is 23.4 Å². The molecule has 2 nitrogen and oxygen atoms in total. The second-order valence-electron chi connectivity index (χ2n) is 5.48. The molecule has 2 rings (SSSR count). The van der Waals surface area contributed by atoms with Crippen LogP contribution in [0, 0.1) is 11.8 Å². The first-order chi connectivity index (χ1) is 8.52. The lowest BCUT2D eigenvalue weighted by Gasteiger charge is -2.24. The molecule has 1 N–H and O–H groups in total. The number of ether oxygens (including phenoxy) is 1. The van der Waals surface area contributed by atoms with Crippen molar-refractivity contribution in [1.29, 1.82) is 0 Å². The van der Waals surface area contributed by atoms with E-state index in [0.29, 0.717) is 5.92 Å². The van der Waals surface area contributed by atoms with Crippen molar-refractivity contribution in [3.8, 4) is 0 Å². The number of aliphatic hydroxyl groups excluding tert-OH is 1. The van der Waals surface area contributed by atoms with Gasteiger partial charge in [0.05, 0.1) is 18.3 Å². The van der Waals surface area contributed by atoms with Gasteiger partial charge in [0.1, 0.15) is 0 Å². The van der Waals surface area contributed by atoms with E-state index in [1.807, 2.05) is 11.3 Å². The highest BCUT2D eigenvalue weighted by atomic mass is 32.1. The molecule has 1 fully saturated rings. The Balaban J connectivity index is 2.01. The highest BCUT2D eigenvalue weighted by Gasteiger charge is 2.41. The molecule has 1 aromatic heterocycles. The topological polar surface area (TPSA) is 29.5 Å². The summed E-state index contributed by atoms with van der Waals surface area (Å²) in [5.74, 6) is 0.688. The first kappa shape index (κ1) is 14.0. The molecule has 0 aromatic carbocycles. The van der Waals surface area contributed by atoms with E-state index >= 15 is 0 Å². The Morgan fingerprint density at radius 1 is 1.22 bits per heavy atom. The van der Waals surface area contributed by atoms with E-state index in [1.54, 1.807) is 0 Å². The number of thiophene rings is 1. The summed E-state index contributed by atoms with van der Waals surface area (Å²) in [5, 5.41) is 10.5. The standard InChI is InChI=1S/C15H24O2S/c1-5-12-6-7-13(18-12)8-14(16)15-9(2)10(3)17-11(15)4/h6-7,9-11,14-16H,5,8H2,1-4H3. The molecule has 1 aromatic rings. The van der Waals surface area contributed by atoms with Gasteiger partial charge in [-0.15, -0.1) is 11.3 Å². The van der Waals surface area contributed by atoms with Crippen LogP contribution in [0.1, 0.15) is 37.4 Å². The molecular weight excluding hydrogens is 244 g/mol. The summed E-state index contributed by atoms with van der Waals surface area (Å²) in [6.45, 7) is 8.55. The summed E-state index contributed by atoms with van der Waals surface area (Å²) < 4.78 is 5.81. The average molecular weight is 268 g/mol. The average Bonchev–Trinajstić information content (AvgIpc) is 2.85. The second-order valence-corrected chi connectivity index (χ2v) is 6.73. The summed E-state index contributed by atoms with van der Waals surface area (Å²) in [7, 11) is 0. The monoisotopic (exact) mass is 268 g/mol. The van der Waals surface area contributed by atoms with E-state index in [9.17, 15) is 5.11 Å². The van der Waals surface area contributed by atoms with Crippen LogP contribution in [0.4, 0.5) is 0 Å². The Morgan fingerprint density at radius 2 is 1.89 bits per heavy atom. The fourth-order valence-corrected chi connectivity index (χ4v) is 4.03. The molecule has 1 saturated heterocycles. The largest absolute Gasteiger partial charge is 0.392 e. The van der Waals surface area contributed by atoms with Gasteiger partial charge in [-0.05, 0) is 38.3 Å². The van der Waals surface area contributed by atoms with Crippen molar-refractivity contribution >= 4 is 11.3 Å². The smallest absolute Gasteiger partial charge is 0.0644 e. The minimum absolute atomic E-state index is 0.163. The Morgan fingerprint density at radius 3 is 2.39 bits per heavy atom. The Labute approximate surface area is 114 Å². The fraction of sp³-hybridized carbons (Fsp3) is 0.733. The molecule has 0 amide bonds. The van der Waals surface area contributed by atoms with Gasteiger partial charge in [0.25, 0.3) is 0 Å². The number of rotatable bonds is 4. The van der Waals surface area contributed by atoms with Crippen molar-refractivity contribution in [1.82, 2.24) is 0 Å². The molecule has 1 aliphatic heterocycles. The van der Waals surface area contributed by atoms with Crippen molar-refractivity contribution < 1.29 is 9.84 Å². The van der Waals surface area contributed by atoms with Gasteiger partial charge in [-0.1, -0.05) is 13.8 Å². The van der Waals surface area contributed by atoms with Gasteiger partial charge in [0.15, 0.2) is 0 Å². The van der Waals surface area contributed by atoms with Gasteiger partial charge >= 0.3 is 0 Å². The summed E-state index contributed by atoms with van der Waals surface area (Å²) in [4.78, 5) is 2.69. The predicted octanol–water partition coefficient (Wildman–Crippen LogP) is 3.27. The van der Waals surface area contributed by atoms with Gasteiger partial charge in [-0.2, -0.15) is 0 Å². The molecule has 5 atom stereocenters. The SMILES string of the molecule is CCc1ccc(CC(O)C2C(C)OC(C)C2C)s1. The van der Waals surface area contributed by atoms with Gasteiger partial charge in [-0.3, -0.25) is 0 Å². The lowest BCUT2D eigenvalue weighted by Crippen LogP contribution is -2.32. The van der Waals surface area contributed by atoms with Crippen LogP contribution in [-0.2, 0) is 17.6 Å². The van der Waals surface area contributed by atoms with Crippen molar-refractivity contribution in [3.63, 3.8) is 0 Å². The summed E-state index contributed by atoms with van der Waals surface area (Å²) >= 11 is 1.82. The summed E-state index contributed by atoms with van der Waals surface area (Å²) in [5.41, 5.74) is 0. The van der Waals surface area contributed by atoms with Crippen LogP contribution in [0.25, 0.3) is 0 Å². The van der Waals surface area contributed by atoms with Crippen LogP contribution in [0.3, 0.4) is 0 Å². The minimum atomic E-state index is -0.289. The third-order valence-corrected chi connectivity index (χ3v) is 5.49. The molecule has 2 heterocycles. The maximum Gasteiger partial charge on any atom is 0.0644 e. The predicted molar refractivity (Wildman–Crippen MR) is 76.1 cm³/mol. The second kappa shape index (κ2) is 5.72. The highest BCUT2D eigenvalue weighted by molar-refractivity contribution is 7.11. The molecule has 5 unspecified atom stereocenters. The zero-order chi connectivity index (χ0) is 13.3. The summed E-state index contributed by atoms with van der Waals surface area (Å²) in [6, 6.07) is 4.33. The van der Waals surface area contributed by atoms with E-state index in [1.165, 1.54) is 9.75 Å². The first-order valence-electron chi connectivity index (χ1n) is 6.94. The van der Waals surface area contributed by atoms with Crippen molar-refractivity contribution in [2.24, 2.45) is 11.8 Å².